The third-order valence-corrected chi connectivity index (χ3v) is 5.60. The number of alkyl halides is 3. The van der Waals surface area contributed by atoms with Crippen molar-refractivity contribution in [1.29, 1.82) is 0 Å². The minimum absolute atomic E-state index is 0.104. The lowest BCUT2D eigenvalue weighted by Crippen LogP contribution is -2.26. The molecule has 0 spiro atoms. The Morgan fingerprint density at radius 1 is 1.16 bits per heavy atom. The number of nitrogens with zero attached hydrogens (tertiary/aromatic N) is 5. The lowest BCUT2D eigenvalue weighted by atomic mass is 10.1. The van der Waals surface area contributed by atoms with Crippen LogP contribution in [0.2, 0.25) is 0 Å². The molecule has 1 aliphatic rings. The van der Waals surface area contributed by atoms with Gasteiger partial charge in [-0.3, -0.25) is 14.5 Å². The lowest BCUT2D eigenvalue weighted by molar-refractivity contribution is -0.137. The molecule has 0 aromatic carbocycles. The summed E-state index contributed by atoms with van der Waals surface area (Å²) in [5, 5.41) is 7.43. The molecule has 3 N–H and O–H groups in total. The number of carbonyl (C=O) groups excluding carboxylic acids is 1. The van der Waals surface area contributed by atoms with Gasteiger partial charge in [0, 0.05) is 55.3 Å². The molecule has 37 heavy (non-hydrogen) atoms. The molecule has 3 aromatic rings. The number of nitrogen functional groups attached to an aromatic ring is 1. The molecule has 194 valence electrons. The van der Waals surface area contributed by atoms with E-state index in [1.54, 1.807) is 37.5 Å². The van der Waals surface area contributed by atoms with E-state index in [0.29, 0.717) is 36.7 Å². The van der Waals surface area contributed by atoms with Crippen molar-refractivity contribution in [2.24, 2.45) is 13.0 Å². The van der Waals surface area contributed by atoms with Crippen molar-refractivity contribution < 1.29 is 22.7 Å². The molecule has 0 aliphatic heterocycles. The molecule has 0 atom stereocenters. The first-order chi connectivity index (χ1) is 17.7. The van der Waals surface area contributed by atoms with E-state index in [1.807, 2.05) is 0 Å². The van der Waals surface area contributed by atoms with Crippen LogP contribution in [0, 0.1) is 5.92 Å². The van der Waals surface area contributed by atoms with Crippen molar-refractivity contribution in [2.75, 3.05) is 18.9 Å². The van der Waals surface area contributed by atoms with Gasteiger partial charge in [0.25, 0.3) is 0 Å². The third-order valence-electron chi connectivity index (χ3n) is 5.60. The molecular formula is C25H26F3N7O2. The second-order valence-electron chi connectivity index (χ2n) is 8.49. The average Bonchev–Trinajstić information content (AvgIpc) is 3.70. The predicted molar refractivity (Wildman–Crippen MR) is 130 cm³/mol. The zero-order valence-electron chi connectivity index (χ0n) is 20.1. The quantitative estimate of drug-likeness (QED) is 0.438. The van der Waals surface area contributed by atoms with Crippen LogP contribution in [-0.2, 0) is 18.0 Å². The Balaban J connectivity index is 1.50. The van der Waals surface area contributed by atoms with Crippen LogP contribution in [0.4, 0.5) is 19.0 Å². The minimum Gasteiger partial charge on any atom is -0.478 e. The highest BCUT2D eigenvalue weighted by Crippen LogP contribution is 2.34. The molecule has 4 rings (SSSR count). The summed E-state index contributed by atoms with van der Waals surface area (Å²) >= 11 is 0. The van der Waals surface area contributed by atoms with Gasteiger partial charge in [0.05, 0.1) is 29.8 Å². The molecule has 0 unspecified atom stereocenters. The number of nitrogens with one attached hydrogen (secondary N) is 1. The van der Waals surface area contributed by atoms with Gasteiger partial charge in [-0.1, -0.05) is 0 Å². The number of nitrogens with two attached hydrogens (primary N) is 1. The number of amides is 1. The number of ether oxygens (including phenoxy) is 1. The van der Waals surface area contributed by atoms with E-state index in [0.717, 1.165) is 18.9 Å². The Hall–Kier alpha value is -4.22. The van der Waals surface area contributed by atoms with Gasteiger partial charge in [-0.15, -0.1) is 0 Å². The van der Waals surface area contributed by atoms with Crippen molar-refractivity contribution in [2.45, 2.75) is 25.4 Å². The third kappa shape index (κ3) is 6.93. The van der Waals surface area contributed by atoms with Crippen LogP contribution in [0.5, 0.6) is 5.88 Å². The topological polar surface area (TPSA) is 121 Å². The zero-order chi connectivity index (χ0) is 26.4. The van der Waals surface area contributed by atoms with Gasteiger partial charge in [0.15, 0.2) is 0 Å². The van der Waals surface area contributed by atoms with Gasteiger partial charge in [-0.2, -0.15) is 18.3 Å². The van der Waals surface area contributed by atoms with Crippen molar-refractivity contribution in [3.63, 3.8) is 0 Å². The maximum Gasteiger partial charge on any atom is 0.419 e. The van der Waals surface area contributed by atoms with Crippen molar-refractivity contribution >= 4 is 11.7 Å². The van der Waals surface area contributed by atoms with Crippen LogP contribution >= 0.6 is 0 Å². The first-order valence-corrected chi connectivity index (χ1v) is 11.6. The van der Waals surface area contributed by atoms with Gasteiger partial charge in [0.2, 0.25) is 11.8 Å². The summed E-state index contributed by atoms with van der Waals surface area (Å²) in [6.07, 6.45) is 3.67. The van der Waals surface area contributed by atoms with Gasteiger partial charge in [0.1, 0.15) is 5.82 Å². The molecule has 0 saturated heterocycles. The van der Waals surface area contributed by atoms with Crippen molar-refractivity contribution in [1.82, 2.24) is 30.0 Å². The van der Waals surface area contributed by atoms with E-state index >= 15 is 0 Å². The van der Waals surface area contributed by atoms with Crippen LogP contribution in [0.3, 0.4) is 0 Å². The fourth-order valence-corrected chi connectivity index (χ4v) is 3.46. The Kier molecular flexibility index (Phi) is 7.85. The highest BCUT2D eigenvalue weighted by atomic mass is 19.4. The summed E-state index contributed by atoms with van der Waals surface area (Å²) < 4.78 is 47.1. The lowest BCUT2D eigenvalue weighted by Gasteiger charge is -2.12. The number of carbonyl (C=O) groups is 1. The largest absolute Gasteiger partial charge is 0.478 e. The van der Waals surface area contributed by atoms with Crippen LogP contribution in [0.1, 0.15) is 24.8 Å². The minimum atomic E-state index is -4.65. The molecule has 12 heteroatoms. The van der Waals surface area contributed by atoms with Gasteiger partial charge in [-0.25, -0.2) is 9.97 Å². The number of rotatable bonds is 8. The average molecular weight is 514 g/mol. The van der Waals surface area contributed by atoms with Gasteiger partial charge in [-0.05, 0) is 43.5 Å². The fraction of sp³-hybridized carbons (Fsp3) is 0.320. The summed E-state index contributed by atoms with van der Waals surface area (Å²) in [4.78, 5) is 23.8. The SMILES string of the molecule is Cn1nc(-c2ccc(OCCCNC(=O)C3CC3)nc2)cccncc1-c1cnc(N)c(C(F)(F)F)c1. The summed E-state index contributed by atoms with van der Waals surface area (Å²) in [6.45, 7) is 0.952. The van der Waals surface area contributed by atoms with Gasteiger partial charge < -0.3 is 15.8 Å². The van der Waals surface area contributed by atoms with E-state index in [9.17, 15) is 18.0 Å². The van der Waals surface area contributed by atoms with Crippen LogP contribution in [0.25, 0.3) is 22.5 Å². The molecular weight excluding hydrogens is 487 g/mol. The maximum atomic E-state index is 13.3. The molecule has 0 bridgehead atoms. The summed E-state index contributed by atoms with van der Waals surface area (Å²) in [6, 6.07) is 7.77. The van der Waals surface area contributed by atoms with E-state index in [4.69, 9.17) is 10.5 Å². The summed E-state index contributed by atoms with van der Waals surface area (Å²) in [7, 11) is 1.59. The first-order valence-electron chi connectivity index (χ1n) is 11.6. The number of pyridine rings is 2. The van der Waals surface area contributed by atoms with E-state index < -0.39 is 17.6 Å². The number of anilines is 1. The number of hydrogen-bond donors (Lipinski definition) is 2. The fourth-order valence-electron chi connectivity index (χ4n) is 3.46. The standard InChI is InChI=1S/C25H26F3N7O2/c1-35-21(18-12-19(25(26,27)28)23(29)33-14-18)15-30-9-2-4-20(34-35)17-7-8-22(32-13-17)37-11-3-10-31-24(36)16-5-6-16/h2,4,7-9,12-16H,3,5-6,10-11H2,1H3,(H2,29,33)(H,31,36). The summed E-state index contributed by atoms with van der Waals surface area (Å²) in [5.41, 5.74) is 6.01. The van der Waals surface area contributed by atoms with E-state index in [1.165, 1.54) is 23.3 Å². The van der Waals surface area contributed by atoms with Crippen LogP contribution in [-0.4, -0.2) is 43.8 Å². The van der Waals surface area contributed by atoms with Crippen LogP contribution in [0.15, 0.2) is 55.1 Å². The molecule has 3 aromatic heterocycles. The normalized spacial score (nSPS) is 13.1. The summed E-state index contributed by atoms with van der Waals surface area (Å²) in [5.74, 6) is 0.108. The van der Waals surface area contributed by atoms with Crippen LogP contribution < -0.4 is 15.8 Å². The van der Waals surface area contributed by atoms with E-state index in [-0.39, 0.29) is 23.1 Å². The van der Waals surface area contributed by atoms with Crippen molar-refractivity contribution in [3.8, 4) is 28.4 Å². The number of hydrogen-bond acceptors (Lipinski definition) is 7. The molecule has 0 radical (unpaired) electrons. The highest BCUT2D eigenvalue weighted by molar-refractivity contribution is 5.80. The van der Waals surface area contributed by atoms with Gasteiger partial charge >= 0.3 is 6.18 Å². The Labute approximate surface area is 211 Å². The first kappa shape index (κ1) is 25.9. The number of aromatic nitrogens is 5. The molecule has 1 fully saturated rings. The second kappa shape index (κ2) is 11.2. The van der Waals surface area contributed by atoms with E-state index in [2.05, 4.69) is 25.4 Å². The maximum absolute atomic E-state index is 13.3. The second-order valence-corrected chi connectivity index (χ2v) is 8.49. The number of halogens is 3. The Morgan fingerprint density at radius 2 is 1.95 bits per heavy atom. The molecule has 1 saturated carbocycles. The number of aryl methyl sites for hydroxylation is 1. The smallest absolute Gasteiger partial charge is 0.419 e. The molecule has 1 amide bonds. The zero-order valence-corrected chi connectivity index (χ0v) is 20.1. The highest BCUT2D eigenvalue weighted by Gasteiger charge is 2.34. The van der Waals surface area contributed by atoms with Crippen molar-refractivity contribution in [3.05, 3.63) is 60.7 Å². The Morgan fingerprint density at radius 3 is 2.65 bits per heavy atom. The molecule has 3 heterocycles. The molecule has 1 aliphatic carbocycles. The molecule has 9 nitrogen and oxygen atoms in total. The Bertz CT molecular complexity index is 1300. The monoisotopic (exact) mass is 513 g/mol. The predicted octanol–water partition coefficient (Wildman–Crippen LogP) is 3.96.